The van der Waals surface area contributed by atoms with Gasteiger partial charge in [-0.25, -0.2) is 9.59 Å². The van der Waals surface area contributed by atoms with Crippen molar-refractivity contribution in [3.63, 3.8) is 0 Å². The van der Waals surface area contributed by atoms with Gasteiger partial charge in [0, 0.05) is 0 Å². The molecule has 25 heavy (non-hydrogen) atoms. The van der Waals surface area contributed by atoms with E-state index in [9.17, 15) is 24.0 Å². The Hall–Kier alpha value is -3.23. The summed E-state index contributed by atoms with van der Waals surface area (Å²) < 4.78 is 4.90. The molecule has 3 N–H and O–H groups in total. The van der Waals surface area contributed by atoms with Crippen molar-refractivity contribution in [2.24, 2.45) is 5.73 Å². The molecule has 2 atom stereocenters. The third kappa shape index (κ3) is 3.49. The van der Waals surface area contributed by atoms with Gasteiger partial charge in [-0.15, -0.1) is 0 Å². The van der Waals surface area contributed by atoms with Gasteiger partial charge in [0.05, 0.1) is 11.1 Å². The first-order valence-corrected chi connectivity index (χ1v) is 7.42. The summed E-state index contributed by atoms with van der Waals surface area (Å²) in [5, 5.41) is 1.77. The van der Waals surface area contributed by atoms with E-state index in [0.717, 1.165) is 10.5 Å². The summed E-state index contributed by atoms with van der Waals surface area (Å²) in [5.74, 6) is -3.09. The van der Waals surface area contributed by atoms with Gasteiger partial charge >= 0.3 is 12.0 Å². The first kappa shape index (κ1) is 18.1. The number of hydrogen-bond donors (Lipinski definition) is 2. The molecule has 0 fully saturated rings. The molecule has 0 saturated carbocycles. The number of ether oxygens (including phenoxy) is 1. The number of esters is 1. The summed E-state index contributed by atoms with van der Waals surface area (Å²) in [6, 6.07) is 2.45. The van der Waals surface area contributed by atoms with Crippen LogP contribution in [0.1, 0.15) is 40.1 Å². The number of primary amides is 1. The number of rotatable bonds is 4. The molecule has 0 aliphatic carbocycles. The Morgan fingerprint density at radius 3 is 2.32 bits per heavy atom. The number of fused-ring (bicyclic) bond motifs is 1. The minimum Gasteiger partial charge on any atom is -0.451 e. The number of carbonyl (C=O) groups excluding carboxylic acids is 5. The maximum atomic E-state index is 12.4. The van der Waals surface area contributed by atoms with Crippen molar-refractivity contribution in [2.75, 3.05) is 0 Å². The molecule has 0 saturated heterocycles. The Morgan fingerprint density at radius 2 is 1.72 bits per heavy atom. The van der Waals surface area contributed by atoms with Crippen molar-refractivity contribution < 1.29 is 28.7 Å². The van der Waals surface area contributed by atoms with Crippen molar-refractivity contribution in [1.82, 2.24) is 10.2 Å². The highest BCUT2D eigenvalue weighted by Crippen LogP contribution is 2.26. The van der Waals surface area contributed by atoms with Crippen molar-refractivity contribution in [3.05, 3.63) is 34.9 Å². The number of imide groups is 2. The third-order valence-corrected chi connectivity index (χ3v) is 3.71. The molecule has 0 bridgehead atoms. The Bertz CT molecular complexity index is 788. The van der Waals surface area contributed by atoms with Crippen LogP contribution in [0.25, 0.3) is 0 Å². The van der Waals surface area contributed by atoms with Gasteiger partial charge in [-0.2, -0.15) is 0 Å². The summed E-state index contributed by atoms with van der Waals surface area (Å²) in [7, 11) is 0. The molecular formula is C16H17N3O6. The van der Waals surface area contributed by atoms with Crippen LogP contribution in [0.4, 0.5) is 4.79 Å². The predicted molar refractivity (Wildman–Crippen MR) is 84.4 cm³/mol. The Labute approximate surface area is 143 Å². The van der Waals surface area contributed by atoms with Gasteiger partial charge < -0.3 is 10.5 Å². The van der Waals surface area contributed by atoms with Crippen LogP contribution in [0.2, 0.25) is 0 Å². The average molecular weight is 347 g/mol. The van der Waals surface area contributed by atoms with Gasteiger partial charge in [0.1, 0.15) is 6.04 Å². The van der Waals surface area contributed by atoms with Crippen molar-refractivity contribution in [2.45, 2.75) is 32.9 Å². The van der Waals surface area contributed by atoms with Crippen LogP contribution in [0.15, 0.2) is 18.2 Å². The van der Waals surface area contributed by atoms with Crippen LogP contribution in [-0.2, 0) is 14.3 Å². The summed E-state index contributed by atoms with van der Waals surface area (Å²) in [6.07, 6.45) is -1.32. The number of benzene rings is 1. The number of aryl methyl sites for hydroxylation is 1. The normalized spacial score (nSPS) is 15.4. The minimum atomic E-state index is -1.32. The zero-order valence-electron chi connectivity index (χ0n) is 13.9. The SMILES string of the molecule is Cc1ccc2c(c1)C(=O)N(C(C)C(=O)OC(C)C(=O)NC(N)=O)C2=O. The molecule has 2 unspecified atom stereocenters. The fourth-order valence-corrected chi connectivity index (χ4v) is 2.38. The van der Waals surface area contributed by atoms with E-state index in [4.69, 9.17) is 10.5 Å². The minimum absolute atomic E-state index is 0.203. The number of urea groups is 1. The Balaban J connectivity index is 2.13. The highest BCUT2D eigenvalue weighted by Gasteiger charge is 2.42. The molecule has 1 aromatic rings. The molecule has 5 amide bonds. The molecule has 132 valence electrons. The number of hydrogen-bond acceptors (Lipinski definition) is 6. The highest BCUT2D eigenvalue weighted by atomic mass is 16.5. The van der Waals surface area contributed by atoms with E-state index in [1.165, 1.54) is 19.9 Å². The van der Waals surface area contributed by atoms with Gasteiger partial charge in [0.2, 0.25) is 0 Å². The number of nitrogens with zero attached hydrogens (tertiary/aromatic N) is 1. The smallest absolute Gasteiger partial charge is 0.329 e. The topological polar surface area (TPSA) is 136 Å². The third-order valence-electron chi connectivity index (χ3n) is 3.71. The van der Waals surface area contributed by atoms with E-state index in [0.29, 0.717) is 0 Å². The molecule has 1 aromatic carbocycles. The van der Waals surface area contributed by atoms with Gasteiger partial charge in [0.25, 0.3) is 17.7 Å². The number of nitrogens with two attached hydrogens (primary N) is 1. The summed E-state index contributed by atoms with van der Waals surface area (Å²) in [5.41, 5.74) is 6.03. The molecular weight excluding hydrogens is 330 g/mol. The lowest BCUT2D eigenvalue weighted by molar-refractivity contribution is -0.157. The first-order chi connectivity index (χ1) is 11.6. The number of carbonyl (C=O) groups is 5. The maximum absolute atomic E-state index is 12.4. The molecule has 9 nitrogen and oxygen atoms in total. The highest BCUT2D eigenvalue weighted by molar-refractivity contribution is 6.22. The standard InChI is InChI=1S/C16H17N3O6/c1-7-4-5-10-11(6-7)14(22)19(13(10)21)8(2)15(23)25-9(3)12(20)18-16(17)24/h4-6,8-9H,1-3H3,(H3,17,18,20,24). The van der Waals surface area contributed by atoms with Gasteiger partial charge in [0.15, 0.2) is 6.10 Å². The van der Waals surface area contributed by atoms with Crippen LogP contribution in [0.3, 0.4) is 0 Å². The lowest BCUT2D eigenvalue weighted by Gasteiger charge is -2.22. The van der Waals surface area contributed by atoms with Crippen molar-refractivity contribution in [3.8, 4) is 0 Å². The van der Waals surface area contributed by atoms with Crippen LogP contribution < -0.4 is 11.1 Å². The average Bonchev–Trinajstić information content (AvgIpc) is 2.76. The maximum Gasteiger partial charge on any atom is 0.329 e. The van der Waals surface area contributed by atoms with E-state index in [1.54, 1.807) is 24.4 Å². The van der Waals surface area contributed by atoms with Gasteiger partial charge in [-0.1, -0.05) is 11.6 Å². The van der Waals surface area contributed by atoms with E-state index in [1.807, 2.05) is 0 Å². The fourth-order valence-electron chi connectivity index (χ4n) is 2.38. The number of nitrogens with one attached hydrogen (secondary N) is 1. The second-order valence-electron chi connectivity index (χ2n) is 5.64. The monoisotopic (exact) mass is 347 g/mol. The zero-order chi connectivity index (χ0) is 18.9. The first-order valence-electron chi connectivity index (χ1n) is 7.42. The van der Waals surface area contributed by atoms with Crippen molar-refractivity contribution >= 4 is 29.7 Å². The molecule has 1 aliphatic rings. The fraction of sp³-hybridized carbons (Fsp3) is 0.312. The Kier molecular flexibility index (Phi) is 4.87. The van der Waals surface area contributed by atoms with Crippen LogP contribution >= 0.6 is 0 Å². The van der Waals surface area contributed by atoms with Crippen molar-refractivity contribution in [1.29, 1.82) is 0 Å². The lowest BCUT2D eigenvalue weighted by atomic mass is 10.1. The predicted octanol–water partition coefficient (Wildman–Crippen LogP) is 0.106. The molecule has 0 radical (unpaired) electrons. The zero-order valence-corrected chi connectivity index (χ0v) is 13.9. The summed E-state index contributed by atoms with van der Waals surface area (Å²) in [4.78, 5) is 59.9. The Morgan fingerprint density at radius 1 is 1.12 bits per heavy atom. The largest absolute Gasteiger partial charge is 0.451 e. The van der Waals surface area contributed by atoms with E-state index in [2.05, 4.69) is 0 Å². The van der Waals surface area contributed by atoms with E-state index < -0.39 is 41.9 Å². The van der Waals surface area contributed by atoms with Crippen LogP contribution in [0.5, 0.6) is 0 Å². The van der Waals surface area contributed by atoms with Crippen LogP contribution in [0, 0.1) is 6.92 Å². The van der Waals surface area contributed by atoms with Gasteiger partial charge in [-0.05, 0) is 32.9 Å². The molecule has 1 aliphatic heterocycles. The molecule has 1 heterocycles. The second kappa shape index (κ2) is 6.71. The summed E-state index contributed by atoms with van der Waals surface area (Å²) in [6.45, 7) is 4.32. The molecule has 0 aromatic heterocycles. The number of amides is 5. The lowest BCUT2D eigenvalue weighted by Crippen LogP contribution is -2.47. The van der Waals surface area contributed by atoms with E-state index in [-0.39, 0.29) is 11.1 Å². The molecule has 9 heteroatoms. The van der Waals surface area contributed by atoms with Crippen LogP contribution in [-0.4, -0.2) is 46.8 Å². The molecule has 0 spiro atoms. The van der Waals surface area contributed by atoms with E-state index >= 15 is 0 Å². The molecule has 2 rings (SSSR count). The second-order valence-corrected chi connectivity index (χ2v) is 5.64. The summed E-state index contributed by atoms with van der Waals surface area (Å²) >= 11 is 0. The van der Waals surface area contributed by atoms with Gasteiger partial charge in [-0.3, -0.25) is 24.6 Å². The quantitative estimate of drug-likeness (QED) is 0.586.